The molecule has 1 fully saturated rings. The summed E-state index contributed by atoms with van der Waals surface area (Å²) >= 11 is 1.30. The van der Waals surface area contributed by atoms with E-state index in [1.165, 1.54) is 54.1 Å². The van der Waals surface area contributed by atoms with Gasteiger partial charge in [-0.2, -0.15) is 9.30 Å². The zero-order valence-corrected chi connectivity index (χ0v) is 22.3. The number of carbonyl (C=O) groups is 2. The van der Waals surface area contributed by atoms with Gasteiger partial charge in [0.25, 0.3) is 5.91 Å². The van der Waals surface area contributed by atoms with E-state index in [4.69, 9.17) is 9.47 Å². The van der Waals surface area contributed by atoms with Crippen LogP contribution in [0.1, 0.15) is 34.3 Å². The van der Waals surface area contributed by atoms with Gasteiger partial charge in [0.2, 0.25) is 10.0 Å². The third kappa shape index (κ3) is 5.44. The number of rotatable bonds is 7. The van der Waals surface area contributed by atoms with E-state index < -0.39 is 21.9 Å². The van der Waals surface area contributed by atoms with Crippen LogP contribution in [0.2, 0.25) is 0 Å². The lowest BCUT2D eigenvalue weighted by Crippen LogP contribution is -2.34. The quantitative estimate of drug-likeness (QED) is 0.434. The fourth-order valence-corrected chi connectivity index (χ4v) is 6.34. The number of amides is 1. The van der Waals surface area contributed by atoms with Crippen LogP contribution in [0, 0.1) is 13.8 Å². The average Bonchev–Trinajstić information content (AvgIpc) is 3.47. The Balaban J connectivity index is 1.63. The van der Waals surface area contributed by atoms with Crippen molar-refractivity contribution in [3.05, 3.63) is 57.9 Å². The molecule has 0 spiro atoms. The van der Waals surface area contributed by atoms with Crippen molar-refractivity contribution in [2.24, 2.45) is 4.99 Å². The minimum Gasteiger partial charge on any atom is -0.468 e. The smallest absolute Gasteiger partial charge is 0.325 e. The van der Waals surface area contributed by atoms with Crippen molar-refractivity contribution in [1.82, 2.24) is 8.87 Å². The molecular weight excluding hydrogens is 502 g/mol. The highest BCUT2D eigenvalue weighted by atomic mass is 32.2. The van der Waals surface area contributed by atoms with Gasteiger partial charge in [0.1, 0.15) is 6.54 Å². The van der Waals surface area contributed by atoms with Crippen LogP contribution in [0.25, 0.3) is 10.2 Å². The van der Waals surface area contributed by atoms with Gasteiger partial charge in [0.15, 0.2) is 4.80 Å². The summed E-state index contributed by atoms with van der Waals surface area (Å²) in [6.45, 7) is 4.82. The Morgan fingerprint density at radius 3 is 2.53 bits per heavy atom. The van der Waals surface area contributed by atoms with E-state index in [9.17, 15) is 18.0 Å². The Labute approximate surface area is 214 Å². The van der Waals surface area contributed by atoms with Crippen LogP contribution < -0.4 is 4.80 Å². The van der Waals surface area contributed by atoms with E-state index in [-0.39, 0.29) is 29.7 Å². The second kappa shape index (κ2) is 10.6. The molecule has 3 aromatic rings. The molecule has 2 heterocycles. The molecule has 192 valence electrons. The summed E-state index contributed by atoms with van der Waals surface area (Å²) in [5.41, 5.74) is 3.17. The number of likely N-dealkylation sites (N-methyl/N-ethyl adjacent to an activating group) is 1. The number of carbonyl (C=O) groups excluding carboxylic acids is 2. The summed E-state index contributed by atoms with van der Waals surface area (Å²) in [6.07, 6.45) is 1.66. The maximum Gasteiger partial charge on any atom is 0.325 e. The molecule has 11 heteroatoms. The molecule has 1 unspecified atom stereocenters. The fourth-order valence-electron chi connectivity index (χ4n) is 4.03. The predicted molar refractivity (Wildman–Crippen MR) is 136 cm³/mol. The Kier molecular flexibility index (Phi) is 7.74. The lowest BCUT2D eigenvalue weighted by molar-refractivity contribution is -0.141. The van der Waals surface area contributed by atoms with Gasteiger partial charge in [0, 0.05) is 25.8 Å². The van der Waals surface area contributed by atoms with Gasteiger partial charge in [-0.05, 0) is 74.2 Å². The van der Waals surface area contributed by atoms with E-state index in [0.29, 0.717) is 11.4 Å². The molecule has 0 N–H and O–H groups in total. The number of hydrogen-bond donors (Lipinski definition) is 0. The molecule has 0 radical (unpaired) electrons. The third-order valence-electron chi connectivity index (χ3n) is 6.30. The van der Waals surface area contributed by atoms with Crippen molar-refractivity contribution in [2.75, 3.05) is 27.3 Å². The van der Waals surface area contributed by atoms with Gasteiger partial charge < -0.3 is 14.0 Å². The lowest BCUT2D eigenvalue weighted by atomic mass is 10.1. The summed E-state index contributed by atoms with van der Waals surface area (Å²) < 4.78 is 40.1. The van der Waals surface area contributed by atoms with Gasteiger partial charge in [-0.15, -0.1) is 0 Å². The number of hydrogen-bond acceptors (Lipinski definition) is 7. The standard InChI is InChI=1S/C25H29N3O6S2/c1-16-12-21-22(13-17(16)2)35-25(28(21)15-23(29)33-4)26-24(30)18-7-9-20(10-8-18)36(31,32)27(3)14-19-6-5-11-34-19/h7-10,12-13,19H,5-6,11,14-15H2,1-4H3. The average molecular weight is 532 g/mol. The van der Waals surface area contributed by atoms with Crippen LogP contribution in [0.5, 0.6) is 0 Å². The highest BCUT2D eigenvalue weighted by molar-refractivity contribution is 7.89. The van der Waals surface area contributed by atoms with Gasteiger partial charge in [-0.1, -0.05) is 11.3 Å². The Morgan fingerprint density at radius 1 is 1.19 bits per heavy atom. The zero-order valence-electron chi connectivity index (χ0n) is 20.7. The molecule has 4 rings (SSSR count). The second-order valence-corrected chi connectivity index (χ2v) is 11.9. The first-order valence-electron chi connectivity index (χ1n) is 11.5. The molecule has 36 heavy (non-hydrogen) atoms. The molecule has 1 saturated heterocycles. The lowest BCUT2D eigenvalue weighted by Gasteiger charge is -2.20. The minimum atomic E-state index is -3.72. The number of fused-ring (bicyclic) bond motifs is 1. The highest BCUT2D eigenvalue weighted by Gasteiger charge is 2.26. The molecule has 1 aliphatic rings. The van der Waals surface area contributed by atoms with Crippen molar-refractivity contribution in [2.45, 2.75) is 44.2 Å². The summed E-state index contributed by atoms with van der Waals surface area (Å²) in [7, 11) is -0.886. The molecule has 9 nitrogen and oxygen atoms in total. The largest absolute Gasteiger partial charge is 0.468 e. The maximum absolute atomic E-state index is 13.0. The molecule has 2 aromatic carbocycles. The molecular formula is C25H29N3O6S2. The number of methoxy groups -OCH3 is 1. The van der Waals surface area contributed by atoms with Crippen molar-refractivity contribution in [3.8, 4) is 0 Å². The predicted octanol–water partition coefficient (Wildman–Crippen LogP) is 3.03. The van der Waals surface area contributed by atoms with E-state index in [2.05, 4.69) is 4.99 Å². The first kappa shape index (κ1) is 26.2. The molecule has 0 aliphatic carbocycles. The van der Waals surface area contributed by atoms with Crippen molar-refractivity contribution in [1.29, 1.82) is 0 Å². The van der Waals surface area contributed by atoms with Crippen LogP contribution in [0.3, 0.4) is 0 Å². The molecule has 1 aromatic heterocycles. The SMILES string of the molecule is COC(=O)Cn1c(=NC(=O)c2ccc(S(=O)(=O)N(C)CC3CCCO3)cc2)sc2cc(C)c(C)cc21. The molecule has 1 aliphatic heterocycles. The third-order valence-corrected chi connectivity index (χ3v) is 9.18. The number of nitrogens with zero attached hydrogens (tertiary/aromatic N) is 3. The summed E-state index contributed by atoms with van der Waals surface area (Å²) in [4.78, 5) is 29.8. The van der Waals surface area contributed by atoms with Crippen molar-refractivity contribution in [3.63, 3.8) is 0 Å². The normalized spacial score (nSPS) is 16.7. The first-order valence-corrected chi connectivity index (χ1v) is 13.8. The second-order valence-electron chi connectivity index (χ2n) is 8.81. The number of esters is 1. The van der Waals surface area contributed by atoms with Crippen LogP contribution in [0.4, 0.5) is 0 Å². The van der Waals surface area contributed by atoms with Gasteiger partial charge in [-0.3, -0.25) is 9.59 Å². The summed E-state index contributed by atoms with van der Waals surface area (Å²) in [5, 5.41) is 0. The van der Waals surface area contributed by atoms with E-state index >= 15 is 0 Å². The van der Waals surface area contributed by atoms with Gasteiger partial charge >= 0.3 is 5.97 Å². The van der Waals surface area contributed by atoms with E-state index in [0.717, 1.165) is 34.2 Å². The Morgan fingerprint density at radius 2 is 1.89 bits per heavy atom. The summed E-state index contributed by atoms with van der Waals surface area (Å²) in [6, 6.07) is 9.67. The van der Waals surface area contributed by atoms with E-state index in [1.807, 2.05) is 26.0 Å². The highest BCUT2D eigenvalue weighted by Crippen LogP contribution is 2.23. The number of thiazole rings is 1. The van der Waals surface area contributed by atoms with Crippen molar-refractivity contribution >= 4 is 43.5 Å². The monoisotopic (exact) mass is 531 g/mol. The fraction of sp³-hybridized carbons (Fsp3) is 0.400. The first-order chi connectivity index (χ1) is 17.1. The van der Waals surface area contributed by atoms with Crippen LogP contribution in [-0.2, 0) is 30.8 Å². The van der Waals surface area contributed by atoms with Crippen LogP contribution in [0.15, 0.2) is 46.3 Å². The Hall–Kier alpha value is -2.86. The number of aromatic nitrogens is 1. The van der Waals surface area contributed by atoms with Gasteiger partial charge in [0.05, 0.1) is 28.3 Å². The number of ether oxygens (including phenoxy) is 2. The van der Waals surface area contributed by atoms with Crippen LogP contribution >= 0.6 is 11.3 Å². The van der Waals surface area contributed by atoms with E-state index in [1.54, 1.807) is 4.57 Å². The number of benzene rings is 2. The molecule has 0 bridgehead atoms. The van der Waals surface area contributed by atoms with Crippen LogP contribution in [-0.4, -0.2) is 62.6 Å². The van der Waals surface area contributed by atoms with Crippen molar-refractivity contribution < 1.29 is 27.5 Å². The minimum absolute atomic E-state index is 0.0840. The molecule has 1 amide bonds. The zero-order chi connectivity index (χ0) is 26.0. The Bertz CT molecular complexity index is 1470. The number of aryl methyl sites for hydroxylation is 2. The maximum atomic E-state index is 13.0. The topological polar surface area (TPSA) is 107 Å². The molecule has 0 saturated carbocycles. The van der Waals surface area contributed by atoms with Gasteiger partial charge in [-0.25, -0.2) is 8.42 Å². The summed E-state index contributed by atoms with van der Waals surface area (Å²) in [5.74, 6) is -0.992. The number of sulfonamides is 1. The molecule has 1 atom stereocenters.